The third kappa shape index (κ3) is 3.66. The van der Waals surface area contributed by atoms with Gasteiger partial charge in [-0.3, -0.25) is 14.9 Å². The van der Waals surface area contributed by atoms with Crippen LogP contribution < -0.4 is 5.32 Å². The Bertz CT molecular complexity index is 658. The summed E-state index contributed by atoms with van der Waals surface area (Å²) >= 11 is 0. The lowest BCUT2D eigenvalue weighted by atomic mass is 10.1. The fourth-order valence-electron chi connectivity index (χ4n) is 2.11. The van der Waals surface area contributed by atoms with Crippen molar-refractivity contribution in [2.24, 2.45) is 0 Å². The van der Waals surface area contributed by atoms with E-state index in [9.17, 15) is 14.9 Å². The quantitative estimate of drug-likeness (QED) is 0.691. The van der Waals surface area contributed by atoms with E-state index >= 15 is 0 Å². The highest BCUT2D eigenvalue weighted by atomic mass is 16.6. The summed E-state index contributed by atoms with van der Waals surface area (Å²) in [6.45, 7) is 3.63. The number of nitrogens with one attached hydrogen (secondary N) is 1. The predicted molar refractivity (Wildman–Crippen MR) is 81.0 cm³/mol. The molecule has 0 aliphatic heterocycles. The maximum Gasteiger partial charge on any atom is 0.255 e. The average molecular weight is 284 g/mol. The Morgan fingerprint density at radius 3 is 2.19 bits per heavy atom. The minimum atomic E-state index is -0.397. The SMILES string of the molecule is Cc1cccc(C)c1NC(=O)c1ccc(C[N+](=O)[O-])cc1. The molecule has 5 nitrogen and oxygen atoms in total. The number of nitro groups is 1. The van der Waals surface area contributed by atoms with Crippen LogP contribution in [-0.2, 0) is 6.54 Å². The van der Waals surface area contributed by atoms with Gasteiger partial charge in [0.15, 0.2) is 0 Å². The average Bonchev–Trinajstić information content (AvgIpc) is 2.43. The molecule has 0 saturated carbocycles. The fourth-order valence-corrected chi connectivity index (χ4v) is 2.11. The van der Waals surface area contributed by atoms with Crippen molar-refractivity contribution in [3.63, 3.8) is 0 Å². The molecule has 0 saturated heterocycles. The highest BCUT2D eigenvalue weighted by Gasteiger charge is 2.10. The van der Waals surface area contributed by atoms with Gasteiger partial charge in [-0.2, -0.15) is 0 Å². The van der Waals surface area contributed by atoms with Crippen molar-refractivity contribution in [2.75, 3.05) is 5.32 Å². The zero-order valence-corrected chi connectivity index (χ0v) is 11.9. The second-order valence-electron chi connectivity index (χ2n) is 4.91. The molecule has 21 heavy (non-hydrogen) atoms. The molecule has 0 aliphatic carbocycles. The molecule has 2 rings (SSSR count). The van der Waals surface area contributed by atoms with Crippen LogP contribution in [0.4, 0.5) is 5.69 Å². The lowest BCUT2D eigenvalue weighted by Crippen LogP contribution is -2.13. The smallest absolute Gasteiger partial charge is 0.255 e. The minimum absolute atomic E-state index is 0.222. The van der Waals surface area contributed by atoms with Gasteiger partial charge in [-0.05, 0) is 37.1 Å². The van der Waals surface area contributed by atoms with Crippen LogP contribution in [0, 0.1) is 24.0 Å². The summed E-state index contributed by atoms with van der Waals surface area (Å²) in [4.78, 5) is 22.2. The summed E-state index contributed by atoms with van der Waals surface area (Å²) in [6, 6.07) is 12.2. The van der Waals surface area contributed by atoms with Crippen molar-refractivity contribution in [3.8, 4) is 0 Å². The largest absolute Gasteiger partial charge is 0.322 e. The number of aryl methyl sites for hydroxylation is 2. The Hall–Kier alpha value is -2.69. The number of nitrogens with zero attached hydrogens (tertiary/aromatic N) is 1. The number of anilines is 1. The second kappa shape index (κ2) is 6.17. The molecule has 0 atom stereocenters. The van der Waals surface area contributed by atoms with E-state index in [4.69, 9.17) is 0 Å². The molecular formula is C16H16N2O3. The highest BCUT2D eigenvalue weighted by molar-refractivity contribution is 6.05. The van der Waals surface area contributed by atoms with E-state index in [0.717, 1.165) is 16.8 Å². The van der Waals surface area contributed by atoms with Gasteiger partial charge in [-0.1, -0.05) is 30.3 Å². The molecule has 2 aromatic carbocycles. The first-order valence-corrected chi connectivity index (χ1v) is 6.55. The third-order valence-corrected chi connectivity index (χ3v) is 3.25. The van der Waals surface area contributed by atoms with Crippen LogP contribution in [-0.4, -0.2) is 10.8 Å². The second-order valence-corrected chi connectivity index (χ2v) is 4.91. The van der Waals surface area contributed by atoms with Crippen molar-refractivity contribution >= 4 is 11.6 Å². The molecule has 0 radical (unpaired) electrons. The predicted octanol–water partition coefficient (Wildman–Crippen LogP) is 3.33. The summed E-state index contributed by atoms with van der Waals surface area (Å²) < 4.78 is 0. The zero-order chi connectivity index (χ0) is 15.4. The van der Waals surface area contributed by atoms with E-state index in [0.29, 0.717) is 11.1 Å². The number of carbonyl (C=O) groups is 1. The monoisotopic (exact) mass is 284 g/mol. The summed E-state index contributed by atoms with van der Waals surface area (Å²) in [7, 11) is 0. The first-order valence-electron chi connectivity index (χ1n) is 6.55. The van der Waals surface area contributed by atoms with Gasteiger partial charge in [-0.25, -0.2) is 0 Å². The van der Waals surface area contributed by atoms with E-state index in [1.807, 2.05) is 32.0 Å². The minimum Gasteiger partial charge on any atom is -0.322 e. The Morgan fingerprint density at radius 1 is 1.10 bits per heavy atom. The topological polar surface area (TPSA) is 72.2 Å². The van der Waals surface area contributed by atoms with Crippen molar-refractivity contribution in [1.29, 1.82) is 0 Å². The molecule has 0 heterocycles. The molecule has 0 aliphatic rings. The molecule has 2 aromatic rings. The van der Waals surface area contributed by atoms with Crippen LogP contribution in [0.1, 0.15) is 27.0 Å². The van der Waals surface area contributed by atoms with Crippen molar-refractivity contribution in [2.45, 2.75) is 20.4 Å². The van der Waals surface area contributed by atoms with Gasteiger partial charge in [0, 0.05) is 21.7 Å². The molecular weight excluding hydrogens is 268 g/mol. The van der Waals surface area contributed by atoms with Crippen LogP contribution in [0.2, 0.25) is 0 Å². The summed E-state index contributed by atoms with van der Waals surface area (Å²) in [5.41, 5.74) is 3.84. The molecule has 0 spiro atoms. The number of benzene rings is 2. The normalized spacial score (nSPS) is 10.2. The van der Waals surface area contributed by atoms with Gasteiger partial charge < -0.3 is 5.32 Å². The first kappa shape index (κ1) is 14.7. The Labute approximate surface area is 122 Å². The maximum absolute atomic E-state index is 12.2. The van der Waals surface area contributed by atoms with E-state index in [-0.39, 0.29) is 12.5 Å². The van der Waals surface area contributed by atoms with Gasteiger partial charge in [0.1, 0.15) is 0 Å². The Morgan fingerprint density at radius 2 is 1.67 bits per heavy atom. The Balaban J connectivity index is 2.15. The fraction of sp³-hybridized carbons (Fsp3) is 0.188. The molecule has 108 valence electrons. The van der Waals surface area contributed by atoms with Crippen LogP contribution in [0.5, 0.6) is 0 Å². The lowest BCUT2D eigenvalue weighted by molar-refractivity contribution is -0.496. The summed E-state index contributed by atoms with van der Waals surface area (Å²) in [6.07, 6.45) is 0. The molecule has 1 N–H and O–H groups in total. The number of rotatable bonds is 4. The van der Waals surface area contributed by atoms with Crippen molar-refractivity contribution < 1.29 is 9.72 Å². The first-order chi connectivity index (χ1) is 9.97. The molecule has 1 amide bonds. The third-order valence-electron chi connectivity index (χ3n) is 3.25. The summed E-state index contributed by atoms with van der Waals surface area (Å²) in [5.74, 6) is -0.222. The van der Waals surface area contributed by atoms with Crippen molar-refractivity contribution in [3.05, 3.63) is 74.8 Å². The van der Waals surface area contributed by atoms with E-state index in [1.165, 1.54) is 0 Å². The van der Waals surface area contributed by atoms with Crippen LogP contribution >= 0.6 is 0 Å². The van der Waals surface area contributed by atoms with Gasteiger partial charge in [0.25, 0.3) is 5.91 Å². The number of hydrogen-bond donors (Lipinski definition) is 1. The molecule has 0 aromatic heterocycles. The molecule has 5 heteroatoms. The zero-order valence-electron chi connectivity index (χ0n) is 11.9. The van der Waals surface area contributed by atoms with Gasteiger partial charge in [0.05, 0.1) is 0 Å². The van der Waals surface area contributed by atoms with E-state index in [2.05, 4.69) is 5.32 Å². The van der Waals surface area contributed by atoms with Crippen LogP contribution in [0.25, 0.3) is 0 Å². The standard InChI is InChI=1S/C16H16N2O3/c1-11-4-3-5-12(2)15(11)17-16(19)14-8-6-13(7-9-14)10-18(20)21/h3-9H,10H2,1-2H3,(H,17,19). The number of amides is 1. The summed E-state index contributed by atoms with van der Waals surface area (Å²) in [5, 5.41) is 13.3. The number of hydrogen-bond acceptors (Lipinski definition) is 3. The highest BCUT2D eigenvalue weighted by Crippen LogP contribution is 2.20. The number of carbonyl (C=O) groups excluding carboxylic acids is 1. The van der Waals surface area contributed by atoms with E-state index in [1.54, 1.807) is 24.3 Å². The lowest BCUT2D eigenvalue weighted by Gasteiger charge is -2.11. The van der Waals surface area contributed by atoms with Crippen molar-refractivity contribution in [1.82, 2.24) is 0 Å². The van der Waals surface area contributed by atoms with Gasteiger partial charge >= 0.3 is 0 Å². The molecule has 0 bridgehead atoms. The Kier molecular flexibility index (Phi) is 4.33. The van der Waals surface area contributed by atoms with Crippen LogP contribution in [0.15, 0.2) is 42.5 Å². The van der Waals surface area contributed by atoms with E-state index < -0.39 is 4.92 Å². The molecule has 0 unspecified atom stereocenters. The number of para-hydroxylation sites is 1. The van der Waals surface area contributed by atoms with Crippen LogP contribution in [0.3, 0.4) is 0 Å². The van der Waals surface area contributed by atoms with Gasteiger partial charge in [-0.15, -0.1) is 0 Å². The maximum atomic E-state index is 12.2. The molecule has 0 fully saturated rings. The van der Waals surface area contributed by atoms with Gasteiger partial charge in [0.2, 0.25) is 6.54 Å².